The molecule has 0 aromatic heterocycles. The Balaban J connectivity index is 2.09. The molecule has 2 amide bonds. The van der Waals surface area contributed by atoms with E-state index in [9.17, 15) is 9.59 Å². The number of para-hydroxylation sites is 2. The standard InChI is InChI=1S/C21H26N2O3/c1-14(2)22-21(25)17-10-5-7-11-18(17)23-20(24)13-15(3)16-9-6-8-12-19(16)26-4/h5-12,14-15H,13H2,1-4H3,(H,22,25)(H,23,24). The van der Waals surface area contributed by atoms with Gasteiger partial charge in [0.15, 0.2) is 0 Å². The second-order valence-corrected chi connectivity index (χ2v) is 6.57. The Labute approximate surface area is 154 Å². The second-order valence-electron chi connectivity index (χ2n) is 6.57. The first-order valence-electron chi connectivity index (χ1n) is 8.75. The predicted molar refractivity (Wildman–Crippen MR) is 104 cm³/mol. The van der Waals surface area contributed by atoms with Crippen LogP contribution >= 0.6 is 0 Å². The van der Waals surface area contributed by atoms with E-state index in [1.165, 1.54) is 0 Å². The molecule has 5 heteroatoms. The smallest absolute Gasteiger partial charge is 0.253 e. The van der Waals surface area contributed by atoms with Crippen molar-refractivity contribution in [2.24, 2.45) is 0 Å². The molecular formula is C21H26N2O3. The highest BCUT2D eigenvalue weighted by atomic mass is 16.5. The van der Waals surface area contributed by atoms with Gasteiger partial charge in [-0.15, -0.1) is 0 Å². The molecular weight excluding hydrogens is 328 g/mol. The fourth-order valence-corrected chi connectivity index (χ4v) is 2.79. The molecule has 0 bridgehead atoms. The van der Waals surface area contributed by atoms with Crippen molar-refractivity contribution in [2.75, 3.05) is 12.4 Å². The second kappa shape index (κ2) is 9.04. The first kappa shape index (κ1) is 19.5. The number of ether oxygens (including phenoxy) is 1. The molecule has 0 saturated carbocycles. The van der Waals surface area contributed by atoms with Crippen molar-refractivity contribution >= 4 is 17.5 Å². The minimum absolute atomic E-state index is 0.0113. The molecule has 0 spiro atoms. The van der Waals surface area contributed by atoms with E-state index in [-0.39, 0.29) is 23.8 Å². The summed E-state index contributed by atoms with van der Waals surface area (Å²) in [5.41, 5.74) is 1.96. The van der Waals surface area contributed by atoms with Gasteiger partial charge in [0.25, 0.3) is 5.91 Å². The quantitative estimate of drug-likeness (QED) is 0.791. The zero-order valence-electron chi connectivity index (χ0n) is 15.7. The summed E-state index contributed by atoms with van der Waals surface area (Å²) in [6, 6.07) is 14.7. The number of carbonyl (C=O) groups is 2. The number of hydrogen-bond acceptors (Lipinski definition) is 3. The Hall–Kier alpha value is -2.82. The number of nitrogens with one attached hydrogen (secondary N) is 2. The first-order valence-corrected chi connectivity index (χ1v) is 8.75. The number of methoxy groups -OCH3 is 1. The lowest BCUT2D eigenvalue weighted by atomic mass is 9.96. The van der Waals surface area contributed by atoms with Crippen LogP contribution in [0.25, 0.3) is 0 Å². The number of anilines is 1. The lowest BCUT2D eigenvalue weighted by Crippen LogP contribution is -2.31. The van der Waals surface area contributed by atoms with Crippen LogP contribution in [0.2, 0.25) is 0 Å². The number of hydrogen-bond donors (Lipinski definition) is 2. The molecule has 0 radical (unpaired) electrons. The van der Waals surface area contributed by atoms with Crippen molar-refractivity contribution in [3.63, 3.8) is 0 Å². The van der Waals surface area contributed by atoms with E-state index in [1.807, 2.05) is 45.0 Å². The van der Waals surface area contributed by atoms with E-state index in [0.29, 0.717) is 17.7 Å². The molecule has 26 heavy (non-hydrogen) atoms. The van der Waals surface area contributed by atoms with Crippen LogP contribution in [0.4, 0.5) is 5.69 Å². The summed E-state index contributed by atoms with van der Waals surface area (Å²) < 4.78 is 5.37. The summed E-state index contributed by atoms with van der Waals surface area (Å²) in [6.45, 7) is 5.77. The number of amides is 2. The van der Waals surface area contributed by atoms with Gasteiger partial charge in [-0.3, -0.25) is 9.59 Å². The van der Waals surface area contributed by atoms with Gasteiger partial charge in [-0.1, -0.05) is 37.3 Å². The fraction of sp³-hybridized carbons (Fsp3) is 0.333. The van der Waals surface area contributed by atoms with Crippen LogP contribution in [-0.4, -0.2) is 25.0 Å². The first-order chi connectivity index (χ1) is 12.4. The van der Waals surface area contributed by atoms with Gasteiger partial charge in [0, 0.05) is 12.5 Å². The van der Waals surface area contributed by atoms with Crippen LogP contribution in [0, 0.1) is 0 Å². The molecule has 5 nitrogen and oxygen atoms in total. The van der Waals surface area contributed by atoms with Crippen molar-refractivity contribution in [1.82, 2.24) is 5.32 Å². The largest absolute Gasteiger partial charge is 0.496 e. The van der Waals surface area contributed by atoms with Crippen LogP contribution < -0.4 is 15.4 Å². The Morgan fingerprint density at radius 1 is 1.00 bits per heavy atom. The van der Waals surface area contributed by atoms with Crippen LogP contribution in [-0.2, 0) is 4.79 Å². The molecule has 138 valence electrons. The zero-order chi connectivity index (χ0) is 19.1. The maximum Gasteiger partial charge on any atom is 0.253 e. The van der Waals surface area contributed by atoms with Crippen molar-refractivity contribution in [2.45, 2.75) is 39.2 Å². The third kappa shape index (κ3) is 5.09. The highest BCUT2D eigenvalue weighted by Crippen LogP contribution is 2.28. The van der Waals surface area contributed by atoms with Gasteiger partial charge in [0.1, 0.15) is 5.75 Å². The summed E-state index contributed by atoms with van der Waals surface area (Å²) in [5.74, 6) is 0.411. The zero-order valence-corrected chi connectivity index (χ0v) is 15.7. The molecule has 0 heterocycles. The van der Waals surface area contributed by atoms with Gasteiger partial charge in [-0.05, 0) is 43.5 Å². The van der Waals surface area contributed by atoms with Crippen LogP contribution in [0.5, 0.6) is 5.75 Å². The van der Waals surface area contributed by atoms with Crippen molar-refractivity contribution < 1.29 is 14.3 Å². The average Bonchev–Trinajstić information content (AvgIpc) is 2.61. The van der Waals surface area contributed by atoms with Crippen molar-refractivity contribution in [3.8, 4) is 5.75 Å². The number of carbonyl (C=O) groups excluding carboxylic acids is 2. The Morgan fingerprint density at radius 3 is 2.35 bits per heavy atom. The molecule has 0 aliphatic heterocycles. The van der Waals surface area contributed by atoms with E-state index in [1.54, 1.807) is 31.4 Å². The van der Waals surface area contributed by atoms with Gasteiger partial charge in [-0.25, -0.2) is 0 Å². The summed E-state index contributed by atoms with van der Waals surface area (Å²) in [7, 11) is 1.62. The lowest BCUT2D eigenvalue weighted by Gasteiger charge is -2.17. The summed E-state index contributed by atoms with van der Waals surface area (Å²) in [6.07, 6.45) is 0.292. The van der Waals surface area contributed by atoms with Gasteiger partial charge in [0.2, 0.25) is 5.91 Å². The molecule has 2 aromatic rings. The van der Waals surface area contributed by atoms with E-state index in [4.69, 9.17) is 4.74 Å². The number of rotatable bonds is 7. The molecule has 1 unspecified atom stereocenters. The molecule has 0 fully saturated rings. The molecule has 1 atom stereocenters. The molecule has 0 aliphatic carbocycles. The van der Waals surface area contributed by atoms with Gasteiger partial charge in [0.05, 0.1) is 18.4 Å². The maximum absolute atomic E-state index is 12.5. The fourth-order valence-electron chi connectivity index (χ4n) is 2.79. The van der Waals surface area contributed by atoms with E-state index in [0.717, 1.165) is 11.3 Å². The van der Waals surface area contributed by atoms with E-state index >= 15 is 0 Å². The monoisotopic (exact) mass is 354 g/mol. The number of benzene rings is 2. The molecule has 0 saturated heterocycles. The van der Waals surface area contributed by atoms with Gasteiger partial charge >= 0.3 is 0 Å². The van der Waals surface area contributed by atoms with Gasteiger partial charge in [-0.2, -0.15) is 0 Å². The third-order valence-corrected chi connectivity index (χ3v) is 4.03. The topological polar surface area (TPSA) is 67.4 Å². The Morgan fingerprint density at radius 2 is 1.65 bits per heavy atom. The summed E-state index contributed by atoms with van der Waals surface area (Å²) >= 11 is 0. The maximum atomic E-state index is 12.5. The molecule has 2 rings (SSSR count). The Bertz CT molecular complexity index is 771. The third-order valence-electron chi connectivity index (χ3n) is 4.03. The summed E-state index contributed by atoms with van der Waals surface area (Å²) in [4.78, 5) is 24.8. The van der Waals surface area contributed by atoms with Gasteiger partial charge < -0.3 is 15.4 Å². The van der Waals surface area contributed by atoms with Crippen LogP contribution in [0.3, 0.4) is 0 Å². The van der Waals surface area contributed by atoms with Crippen molar-refractivity contribution in [3.05, 3.63) is 59.7 Å². The Kier molecular flexibility index (Phi) is 6.78. The summed E-state index contributed by atoms with van der Waals surface area (Å²) in [5, 5.41) is 5.71. The van der Waals surface area contributed by atoms with Crippen LogP contribution in [0.15, 0.2) is 48.5 Å². The lowest BCUT2D eigenvalue weighted by molar-refractivity contribution is -0.116. The average molecular weight is 354 g/mol. The normalized spacial score (nSPS) is 11.7. The minimum Gasteiger partial charge on any atom is -0.496 e. The highest BCUT2D eigenvalue weighted by Gasteiger charge is 2.17. The molecule has 2 aromatic carbocycles. The van der Waals surface area contributed by atoms with E-state index < -0.39 is 0 Å². The molecule has 2 N–H and O–H groups in total. The highest BCUT2D eigenvalue weighted by molar-refractivity contribution is 6.03. The molecule has 0 aliphatic rings. The predicted octanol–water partition coefficient (Wildman–Crippen LogP) is 3.97. The van der Waals surface area contributed by atoms with Crippen LogP contribution in [0.1, 0.15) is 49.0 Å². The minimum atomic E-state index is -0.200. The van der Waals surface area contributed by atoms with Crippen molar-refractivity contribution in [1.29, 1.82) is 0 Å². The van der Waals surface area contributed by atoms with E-state index in [2.05, 4.69) is 10.6 Å². The SMILES string of the molecule is COc1ccccc1C(C)CC(=O)Nc1ccccc1C(=O)NC(C)C.